The average molecular weight is 457 g/mol. The SMILES string of the molecule is Fc1ccc(N=c2scc(-c3ccc(Br)cc3)n2CCCn2ccnc2)cc1. The molecule has 4 nitrogen and oxygen atoms in total. The van der Waals surface area contributed by atoms with Crippen LogP contribution in [0.3, 0.4) is 0 Å². The monoisotopic (exact) mass is 456 g/mol. The molecular formula is C21H18BrFN4S. The second-order valence-electron chi connectivity index (χ2n) is 6.30. The minimum atomic E-state index is -0.256. The molecule has 0 unspecified atom stereocenters. The molecule has 0 aliphatic carbocycles. The lowest BCUT2D eigenvalue weighted by Gasteiger charge is -2.10. The van der Waals surface area contributed by atoms with Crippen LogP contribution in [0.4, 0.5) is 10.1 Å². The van der Waals surface area contributed by atoms with Crippen LogP contribution in [-0.2, 0) is 13.1 Å². The van der Waals surface area contributed by atoms with E-state index in [4.69, 9.17) is 4.99 Å². The standard InChI is InChI=1S/C21H18BrFN4S/c22-17-4-2-16(3-5-17)20-14-28-21(25-19-8-6-18(23)7-9-19)27(20)12-1-11-26-13-10-24-15-26/h2-10,13-15H,1,11-12H2. The van der Waals surface area contributed by atoms with Crippen LogP contribution in [0.25, 0.3) is 11.3 Å². The zero-order chi connectivity index (χ0) is 19.3. The first kappa shape index (κ1) is 18.8. The Morgan fingerprint density at radius 3 is 2.54 bits per heavy atom. The van der Waals surface area contributed by atoms with Crippen molar-refractivity contribution in [2.24, 2.45) is 4.99 Å². The largest absolute Gasteiger partial charge is 0.337 e. The van der Waals surface area contributed by atoms with Gasteiger partial charge in [-0.15, -0.1) is 11.3 Å². The van der Waals surface area contributed by atoms with Gasteiger partial charge in [0.25, 0.3) is 0 Å². The Morgan fingerprint density at radius 1 is 1.04 bits per heavy atom. The van der Waals surface area contributed by atoms with Crippen LogP contribution in [0.5, 0.6) is 0 Å². The van der Waals surface area contributed by atoms with Crippen molar-refractivity contribution in [2.75, 3.05) is 0 Å². The minimum Gasteiger partial charge on any atom is -0.337 e. The zero-order valence-electron chi connectivity index (χ0n) is 15.0. The second-order valence-corrected chi connectivity index (χ2v) is 8.06. The summed E-state index contributed by atoms with van der Waals surface area (Å²) in [7, 11) is 0. The maximum atomic E-state index is 13.2. The predicted octanol–water partition coefficient (Wildman–Crippen LogP) is 5.64. The Morgan fingerprint density at radius 2 is 1.82 bits per heavy atom. The molecule has 0 amide bonds. The van der Waals surface area contributed by atoms with Crippen LogP contribution in [-0.4, -0.2) is 14.1 Å². The van der Waals surface area contributed by atoms with Crippen molar-refractivity contribution in [1.82, 2.24) is 14.1 Å². The molecule has 0 bridgehead atoms. The van der Waals surface area contributed by atoms with Gasteiger partial charge in [-0.1, -0.05) is 28.1 Å². The number of hydrogen-bond donors (Lipinski definition) is 0. The zero-order valence-corrected chi connectivity index (χ0v) is 17.4. The van der Waals surface area contributed by atoms with E-state index in [1.54, 1.807) is 29.7 Å². The highest BCUT2D eigenvalue weighted by molar-refractivity contribution is 9.10. The molecular weight excluding hydrogens is 439 g/mol. The number of aryl methyl sites for hydroxylation is 1. The molecule has 2 aromatic carbocycles. The molecule has 0 radical (unpaired) electrons. The molecule has 28 heavy (non-hydrogen) atoms. The summed E-state index contributed by atoms with van der Waals surface area (Å²) in [6.45, 7) is 1.71. The first-order valence-electron chi connectivity index (χ1n) is 8.89. The number of aromatic nitrogens is 3. The molecule has 0 saturated carbocycles. The Hall–Kier alpha value is -2.51. The highest BCUT2D eigenvalue weighted by Gasteiger charge is 2.08. The lowest BCUT2D eigenvalue weighted by Crippen LogP contribution is -2.17. The van der Waals surface area contributed by atoms with Crippen molar-refractivity contribution < 1.29 is 4.39 Å². The molecule has 2 heterocycles. The summed E-state index contributed by atoms with van der Waals surface area (Å²) in [5.41, 5.74) is 3.01. The highest BCUT2D eigenvalue weighted by atomic mass is 79.9. The fourth-order valence-electron chi connectivity index (χ4n) is 2.94. The maximum Gasteiger partial charge on any atom is 0.190 e. The number of halogens is 2. The first-order valence-corrected chi connectivity index (χ1v) is 10.6. The molecule has 0 saturated heterocycles. The van der Waals surface area contributed by atoms with Gasteiger partial charge in [0.05, 0.1) is 17.7 Å². The number of imidazole rings is 1. The van der Waals surface area contributed by atoms with E-state index in [1.165, 1.54) is 12.1 Å². The summed E-state index contributed by atoms with van der Waals surface area (Å²) in [5, 5.41) is 2.13. The van der Waals surface area contributed by atoms with Crippen molar-refractivity contribution in [3.05, 3.63) is 87.7 Å². The van der Waals surface area contributed by atoms with Gasteiger partial charge in [-0.25, -0.2) is 14.4 Å². The molecule has 142 valence electrons. The van der Waals surface area contributed by atoms with Crippen LogP contribution in [0.15, 0.2) is 82.1 Å². The van der Waals surface area contributed by atoms with Gasteiger partial charge in [0.1, 0.15) is 5.82 Å². The van der Waals surface area contributed by atoms with Gasteiger partial charge in [-0.2, -0.15) is 0 Å². The van der Waals surface area contributed by atoms with E-state index >= 15 is 0 Å². The van der Waals surface area contributed by atoms with E-state index in [1.807, 2.05) is 24.7 Å². The van der Waals surface area contributed by atoms with E-state index in [2.05, 4.69) is 47.6 Å². The minimum absolute atomic E-state index is 0.256. The van der Waals surface area contributed by atoms with Crippen LogP contribution >= 0.6 is 27.3 Å². The van der Waals surface area contributed by atoms with Gasteiger partial charge in [0.2, 0.25) is 0 Å². The van der Waals surface area contributed by atoms with E-state index in [0.29, 0.717) is 0 Å². The van der Waals surface area contributed by atoms with E-state index in [9.17, 15) is 4.39 Å². The summed E-state index contributed by atoms with van der Waals surface area (Å²) >= 11 is 5.09. The molecule has 0 atom stereocenters. The lowest BCUT2D eigenvalue weighted by molar-refractivity contribution is 0.559. The van der Waals surface area contributed by atoms with Crippen molar-refractivity contribution in [3.8, 4) is 11.3 Å². The lowest BCUT2D eigenvalue weighted by atomic mass is 10.2. The molecule has 4 aromatic rings. The van der Waals surface area contributed by atoms with Gasteiger partial charge >= 0.3 is 0 Å². The number of rotatable bonds is 6. The summed E-state index contributed by atoms with van der Waals surface area (Å²) in [5.74, 6) is -0.256. The predicted molar refractivity (Wildman–Crippen MR) is 114 cm³/mol. The Kier molecular flexibility index (Phi) is 5.83. The van der Waals surface area contributed by atoms with Gasteiger partial charge in [0, 0.05) is 35.3 Å². The van der Waals surface area contributed by atoms with Crippen LogP contribution in [0.1, 0.15) is 6.42 Å². The fraction of sp³-hybridized carbons (Fsp3) is 0.143. The molecule has 4 rings (SSSR count). The van der Waals surface area contributed by atoms with E-state index in [0.717, 1.165) is 45.7 Å². The average Bonchev–Trinajstić information content (AvgIpc) is 3.35. The number of hydrogen-bond acceptors (Lipinski definition) is 3. The second kappa shape index (κ2) is 8.67. The van der Waals surface area contributed by atoms with Gasteiger partial charge in [-0.05, 0) is 48.4 Å². The molecule has 0 spiro atoms. The molecule has 0 aliphatic heterocycles. The Labute approximate surface area is 174 Å². The van der Waals surface area contributed by atoms with Crippen molar-refractivity contribution >= 4 is 33.0 Å². The third kappa shape index (κ3) is 4.48. The quantitative estimate of drug-likeness (QED) is 0.369. The van der Waals surface area contributed by atoms with Crippen LogP contribution in [0, 0.1) is 5.82 Å². The van der Waals surface area contributed by atoms with Gasteiger partial charge in [0.15, 0.2) is 4.80 Å². The van der Waals surface area contributed by atoms with Crippen LogP contribution < -0.4 is 4.80 Å². The van der Waals surface area contributed by atoms with Crippen LogP contribution in [0.2, 0.25) is 0 Å². The van der Waals surface area contributed by atoms with Crippen molar-refractivity contribution in [1.29, 1.82) is 0 Å². The van der Waals surface area contributed by atoms with Gasteiger partial charge < -0.3 is 9.13 Å². The third-order valence-corrected chi connectivity index (χ3v) is 5.74. The molecule has 0 N–H and O–H groups in total. The van der Waals surface area contributed by atoms with Crippen molar-refractivity contribution in [3.63, 3.8) is 0 Å². The van der Waals surface area contributed by atoms with Gasteiger partial charge in [-0.3, -0.25) is 0 Å². The summed E-state index contributed by atoms with van der Waals surface area (Å²) in [6, 6.07) is 14.5. The number of nitrogens with zero attached hydrogens (tertiary/aromatic N) is 4. The summed E-state index contributed by atoms with van der Waals surface area (Å²) < 4.78 is 18.6. The molecule has 2 aromatic heterocycles. The highest BCUT2D eigenvalue weighted by Crippen LogP contribution is 2.23. The third-order valence-electron chi connectivity index (χ3n) is 4.35. The Balaban J connectivity index is 1.68. The smallest absolute Gasteiger partial charge is 0.190 e. The molecule has 7 heteroatoms. The topological polar surface area (TPSA) is 35.1 Å². The maximum absolute atomic E-state index is 13.2. The number of benzene rings is 2. The number of thiazole rings is 1. The van der Waals surface area contributed by atoms with E-state index in [-0.39, 0.29) is 5.82 Å². The Bertz CT molecular complexity index is 1100. The fourth-order valence-corrected chi connectivity index (χ4v) is 4.16. The molecule has 0 fully saturated rings. The summed E-state index contributed by atoms with van der Waals surface area (Å²) in [4.78, 5) is 9.74. The normalized spacial score (nSPS) is 11.9. The van der Waals surface area contributed by atoms with Crippen molar-refractivity contribution in [2.45, 2.75) is 19.5 Å². The van der Waals surface area contributed by atoms with E-state index < -0.39 is 0 Å². The summed E-state index contributed by atoms with van der Waals surface area (Å²) in [6.07, 6.45) is 6.54. The molecule has 0 aliphatic rings. The first-order chi connectivity index (χ1) is 13.7.